The number of benzene rings is 2. The Hall–Kier alpha value is -1.64. The van der Waals surface area contributed by atoms with Crippen LogP contribution in [0.4, 0.5) is 0 Å². The normalized spacial score (nSPS) is 17.0. The summed E-state index contributed by atoms with van der Waals surface area (Å²) in [6.07, 6.45) is 2.68. The zero-order chi connectivity index (χ0) is 14.7. The molecule has 1 fully saturated rings. The number of hydrogen-bond acceptors (Lipinski definition) is 2. The SMILES string of the molecule is C[C@@H](N)c1ccc(-c2ccccc2CN2CCCC2)cc1. The average Bonchev–Trinajstić information content (AvgIpc) is 3.01. The van der Waals surface area contributed by atoms with E-state index in [1.807, 2.05) is 6.92 Å². The maximum Gasteiger partial charge on any atom is 0.0266 e. The van der Waals surface area contributed by atoms with Gasteiger partial charge in [-0.3, -0.25) is 4.90 Å². The molecule has 2 heteroatoms. The smallest absolute Gasteiger partial charge is 0.0266 e. The van der Waals surface area contributed by atoms with Gasteiger partial charge in [-0.05, 0) is 55.1 Å². The predicted octanol–water partition coefficient (Wildman–Crippen LogP) is 3.97. The van der Waals surface area contributed by atoms with Crippen molar-refractivity contribution >= 4 is 0 Å². The quantitative estimate of drug-likeness (QED) is 0.918. The highest BCUT2D eigenvalue weighted by Gasteiger charge is 2.14. The molecule has 0 amide bonds. The molecule has 0 unspecified atom stereocenters. The molecule has 3 rings (SSSR count). The fourth-order valence-corrected chi connectivity index (χ4v) is 3.09. The maximum atomic E-state index is 5.93. The second-order valence-electron chi connectivity index (χ2n) is 6.05. The molecule has 0 bridgehead atoms. The molecule has 110 valence electrons. The molecular weight excluding hydrogens is 256 g/mol. The lowest BCUT2D eigenvalue weighted by Gasteiger charge is -2.18. The van der Waals surface area contributed by atoms with E-state index in [1.165, 1.54) is 48.2 Å². The van der Waals surface area contributed by atoms with Gasteiger partial charge in [0.05, 0.1) is 0 Å². The van der Waals surface area contributed by atoms with Crippen LogP contribution in [0.5, 0.6) is 0 Å². The summed E-state index contributed by atoms with van der Waals surface area (Å²) in [7, 11) is 0. The first-order valence-corrected chi connectivity index (χ1v) is 7.90. The lowest BCUT2D eigenvalue weighted by molar-refractivity contribution is 0.332. The molecule has 2 nitrogen and oxygen atoms in total. The van der Waals surface area contributed by atoms with E-state index in [-0.39, 0.29) is 6.04 Å². The van der Waals surface area contributed by atoms with Crippen LogP contribution in [0.1, 0.15) is 36.9 Å². The third-order valence-corrected chi connectivity index (χ3v) is 4.36. The molecule has 1 aliphatic heterocycles. The first kappa shape index (κ1) is 14.3. The Balaban J connectivity index is 1.86. The zero-order valence-corrected chi connectivity index (χ0v) is 12.8. The second-order valence-corrected chi connectivity index (χ2v) is 6.05. The topological polar surface area (TPSA) is 29.3 Å². The van der Waals surface area contributed by atoms with E-state index in [1.54, 1.807) is 0 Å². The Morgan fingerprint density at radius 1 is 1.00 bits per heavy atom. The number of nitrogens with two attached hydrogens (primary N) is 1. The lowest BCUT2D eigenvalue weighted by Crippen LogP contribution is -2.18. The van der Waals surface area contributed by atoms with Gasteiger partial charge in [0.1, 0.15) is 0 Å². The van der Waals surface area contributed by atoms with Crippen molar-refractivity contribution in [2.24, 2.45) is 5.73 Å². The Morgan fingerprint density at radius 2 is 1.67 bits per heavy atom. The van der Waals surface area contributed by atoms with E-state index in [0.29, 0.717) is 0 Å². The fraction of sp³-hybridized carbons (Fsp3) is 0.368. The first-order valence-electron chi connectivity index (χ1n) is 7.90. The number of rotatable bonds is 4. The van der Waals surface area contributed by atoms with E-state index in [0.717, 1.165) is 6.54 Å². The number of hydrogen-bond donors (Lipinski definition) is 1. The highest BCUT2D eigenvalue weighted by atomic mass is 15.1. The molecule has 21 heavy (non-hydrogen) atoms. The van der Waals surface area contributed by atoms with Gasteiger partial charge in [0.25, 0.3) is 0 Å². The molecule has 1 aliphatic rings. The second kappa shape index (κ2) is 6.42. The summed E-state index contributed by atoms with van der Waals surface area (Å²) >= 11 is 0. The first-order chi connectivity index (χ1) is 10.2. The molecule has 0 radical (unpaired) electrons. The van der Waals surface area contributed by atoms with Gasteiger partial charge in [-0.15, -0.1) is 0 Å². The van der Waals surface area contributed by atoms with Crippen LogP contribution in [-0.2, 0) is 6.54 Å². The molecular formula is C19H24N2. The molecule has 0 aromatic heterocycles. The standard InChI is InChI=1S/C19H24N2/c1-15(20)16-8-10-17(11-9-16)19-7-3-2-6-18(19)14-21-12-4-5-13-21/h2-3,6-11,15H,4-5,12-14,20H2,1H3/t15-/m1/s1. The summed E-state index contributed by atoms with van der Waals surface area (Å²) in [6.45, 7) is 5.55. The monoisotopic (exact) mass is 280 g/mol. The van der Waals surface area contributed by atoms with Crippen LogP contribution < -0.4 is 5.73 Å². The molecule has 1 saturated heterocycles. The fourth-order valence-electron chi connectivity index (χ4n) is 3.09. The van der Waals surface area contributed by atoms with Crippen molar-refractivity contribution < 1.29 is 0 Å². The minimum Gasteiger partial charge on any atom is -0.324 e. The number of nitrogens with zero attached hydrogens (tertiary/aromatic N) is 1. The van der Waals surface area contributed by atoms with Gasteiger partial charge in [-0.1, -0.05) is 48.5 Å². The third-order valence-electron chi connectivity index (χ3n) is 4.36. The third kappa shape index (κ3) is 3.34. The van der Waals surface area contributed by atoms with Crippen molar-refractivity contribution in [2.75, 3.05) is 13.1 Å². The van der Waals surface area contributed by atoms with Crippen LogP contribution in [0, 0.1) is 0 Å². The average molecular weight is 280 g/mol. The maximum absolute atomic E-state index is 5.93. The Kier molecular flexibility index (Phi) is 4.37. The van der Waals surface area contributed by atoms with Crippen LogP contribution in [0.15, 0.2) is 48.5 Å². The summed E-state index contributed by atoms with van der Waals surface area (Å²) in [6, 6.07) is 17.5. The highest BCUT2D eigenvalue weighted by molar-refractivity contribution is 5.67. The molecule has 0 aliphatic carbocycles. The van der Waals surface area contributed by atoms with Gasteiger partial charge in [-0.2, -0.15) is 0 Å². The zero-order valence-electron chi connectivity index (χ0n) is 12.8. The molecule has 2 aromatic carbocycles. The van der Waals surface area contributed by atoms with E-state index in [4.69, 9.17) is 5.73 Å². The summed E-state index contributed by atoms with van der Waals surface area (Å²) in [5.41, 5.74) is 11.2. The molecule has 1 atom stereocenters. The van der Waals surface area contributed by atoms with E-state index < -0.39 is 0 Å². The largest absolute Gasteiger partial charge is 0.324 e. The Bertz CT molecular complexity index is 581. The Morgan fingerprint density at radius 3 is 2.33 bits per heavy atom. The van der Waals surface area contributed by atoms with Crippen LogP contribution in [0.25, 0.3) is 11.1 Å². The van der Waals surface area contributed by atoms with E-state index in [9.17, 15) is 0 Å². The molecule has 2 aromatic rings. The van der Waals surface area contributed by atoms with Gasteiger partial charge in [0, 0.05) is 12.6 Å². The predicted molar refractivity (Wildman–Crippen MR) is 89.0 cm³/mol. The molecule has 0 saturated carbocycles. The van der Waals surface area contributed by atoms with Crippen molar-refractivity contribution in [3.8, 4) is 11.1 Å². The van der Waals surface area contributed by atoms with Gasteiger partial charge in [0.2, 0.25) is 0 Å². The molecule has 0 spiro atoms. The van der Waals surface area contributed by atoms with Crippen molar-refractivity contribution in [1.82, 2.24) is 4.90 Å². The minimum absolute atomic E-state index is 0.0962. The highest BCUT2D eigenvalue weighted by Crippen LogP contribution is 2.27. The van der Waals surface area contributed by atoms with Crippen molar-refractivity contribution in [2.45, 2.75) is 32.4 Å². The van der Waals surface area contributed by atoms with Gasteiger partial charge in [-0.25, -0.2) is 0 Å². The van der Waals surface area contributed by atoms with Crippen molar-refractivity contribution in [1.29, 1.82) is 0 Å². The van der Waals surface area contributed by atoms with E-state index >= 15 is 0 Å². The Labute approximate surface area is 127 Å². The van der Waals surface area contributed by atoms with Gasteiger partial charge < -0.3 is 5.73 Å². The van der Waals surface area contributed by atoms with Crippen LogP contribution in [0.3, 0.4) is 0 Å². The molecule has 1 heterocycles. The van der Waals surface area contributed by atoms with Crippen molar-refractivity contribution in [3.63, 3.8) is 0 Å². The van der Waals surface area contributed by atoms with Gasteiger partial charge >= 0.3 is 0 Å². The summed E-state index contributed by atoms with van der Waals surface area (Å²) in [4.78, 5) is 2.55. The lowest BCUT2D eigenvalue weighted by atomic mass is 9.97. The summed E-state index contributed by atoms with van der Waals surface area (Å²) < 4.78 is 0. The summed E-state index contributed by atoms with van der Waals surface area (Å²) in [5.74, 6) is 0. The van der Waals surface area contributed by atoms with Gasteiger partial charge in [0.15, 0.2) is 0 Å². The summed E-state index contributed by atoms with van der Waals surface area (Å²) in [5, 5.41) is 0. The van der Waals surface area contributed by atoms with Crippen molar-refractivity contribution in [3.05, 3.63) is 59.7 Å². The van der Waals surface area contributed by atoms with Crippen LogP contribution >= 0.6 is 0 Å². The number of likely N-dealkylation sites (tertiary alicyclic amines) is 1. The van der Waals surface area contributed by atoms with E-state index in [2.05, 4.69) is 53.4 Å². The van der Waals surface area contributed by atoms with Crippen LogP contribution in [-0.4, -0.2) is 18.0 Å². The van der Waals surface area contributed by atoms with Crippen LogP contribution in [0.2, 0.25) is 0 Å². The molecule has 2 N–H and O–H groups in total. The minimum atomic E-state index is 0.0962.